The van der Waals surface area contributed by atoms with Crippen LogP contribution in [0.25, 0.3) is 0 Å². The Morgan fingerprint density at radius 1 is 1.44 bits per heavy atom. The Bertz CT molecular complexity index is 443. The fourth-order valence-corrected chi connectivity index (χ4v) is 2.17. The molecule has 1 fully saturated rings. The number of primary amides is 1. The van der Waals surface area contributed by atoms with E-state index in [1.54, 1.807) is 0 Å². The third kappa shape index (κ3) is 3.05. The number of piperidine rings is 1. The molecule has 5 heteroatoms. The van der Waals surface area contributed by atoms with Crippen molar-refractivity contribution in [2.75, 3.05) is 13.1 Å². The number of halogens is 1. The lowest BCUT2D eigenvalue weighted by atomic mass is 10.1. The van der Waals surface area contributed by atoms with Crippen LogP contribution in [0.15, 0.2) is 18.2 Å². The maximum absolute atomic E-state index is 13.6. The van der Waals surface area contributed by atoms with Gasteiger partial charge in [-0.15, -0.1) is 0 Å². The van der Waals surface area contributed by atoms with Crippen LogP contribution < -0.4 is 5.73 Å². The molecular formula is C13H17FN2O2. The van der Waals surface area contributed by atoms with E-state index in [1.807, 2.05) is 0 Å². The number of nitrogens with two attached hydrogens (primary N) is 1. The van der Waals surface area contributed by atoms with Crippen LogP contribution in [0, 0.1) is 5.82 Å². The predicted molar refractivity (Wildman–Crippen MR) is 65.4 cm³/mol. The Morgan fingerprint density at radius 2 is 2.11 bits per heavy atom. The van der Waals surface area contributed by atoms with E-state index in [-0.39, 0.29) is 11.9 Å². The van der Waals surface area contributed by atoms with E-state index >= 15 is 0 Å². The molecular weight excluding hydrogens is 235 g/mol. The van der Waals surface area contributed by atoms with Crippen molar-refractivity contribution in [2.45, 2.75) is 25.5 Å². The second-order valence-corrected chi connectivity index (χ2v) is 4.68. The van der Waals surface area contributed by atoms with Gasteiger partial charge in [-0.3, -0.25) is 9.69 Å². The Kier molecular flexibility index (Phi) is 3.93. The summed E-state index contributed by atoms with van der Waals surface area (Å²) >= 11 is 0. The summed E-state index contributed by atoms with van der Waals surface area (Å²) in [6, 6.07) is 4.16. The maximum atomic E-state index is 13.6. The highest BCUT2D eigenvalue weighted by molar-refractivity contribution is 5.92. The number of carbonyl (C=O) groups is 1. The van der Waals surface area contributed by atoms with Crippen LogP contribution in [0.5, 0.6) is 0 Å². The summed E-state index contributed by atoms with van der Waals surface area (Å²) in [6.45, 7) is 1.92. The van der Waals surface area contributed by atoms with E-state index in [9.17, 15) is 14.3 Å². The fourth-order valence-electron chi connectivity index (χ4n) is 2.17. The largest absolute Gasteiger partial charge is 0.393 e. The first-order chi connectivity index (χ1) is 8.56. The summed E-state index contributed by atoms with van der Waals surface area (Å²) in [5.41, 5.74) is 5.97. The van der Waals surface area contributed by atoms with Crippen LogP contribution in [-0.2, 0) is 6.54 Å². The molecule has 4 nitrogen and oxygen atoms in total. The van der Waals surface area contributed by atoms with E-state index in [2.05, 4.69) is 4.90 Å². The molecule has 1 aromatic carbocycles. The van der Waals surface area contributed by atoms with E-state index in [0.717, 1.165) is 13.1 Å². The van der Waals surface area contributed by atoms with E-state index in [4.69, 9.17) is 5.73 Å². The molecule has 1 saturated heterocycles. The van der Waals surface area contributed by atoms with Crippen LogP contribution in [0.1, 0.15) is 28.8 Å². The van der Waals surface area contributed by atoms with Crippen molar-refractivity contribution in [3.63, 3.8) is 0 Å². The standard InChI is InChI=1S/C13H17FN2O2/c14-12-2-1-9(13(15)18)7-10(12)8-16-5-3-11(17)4-6-16/h1-2,7,11,17H,3-6,8H2,(H2,15,18). The average Bonchev–Trinajstić information content (AvgIpc) is 2.34. The summed E-state index contributed by atoms with van der Waals surface area (Å²) in [4.78, 5) is 13.1. The SMILES string of the molecule is NC(=O)c1ccc(F)c(CN2CCC(O)CC2)c1. The zero-order valence-corrected chi connectivity index (χ0v) is 10.1. The third-order valence-corrected chi connectivity index (χ3v) is 3.28. The number of rotatable bonds is 3. The third-order valence-electron chi connectivity index (χ3n) is 3.28. The van der Waals surface area contributed by atoms with Crippen molar-refractivity contribution >= 4 is 5.91 Å². The zero-order chi connectivity index (χ0) is 13.1. The Hall–Kier alpha value is -1.46. The van der Waals surface area contributed by atoms with Gasteiger partial charge in [0.25, 0.3) is 0 Å². The number of amides is 1. The minimum absolute atomic E-state index is 0.247. The first kappa shape index (κ1) is 13.0. The van der Waals surface area contributed by atoms with E-state index in [1.165, 1.54) is 18.2 Å². The number of nitrogens with zero attached hydrogens (tertiary/aromatic N) is 1. The van der Waals surface area contributed by atoms with Gasteiger partial charge in [0.15, 0.2) is 0 Å². The van der Waals surface area contributed by atoms with Crippen molar-refractivity contribution in [3.8, 4) is 0 Å². The van der Waals surface area contributed by atoms with Gasteiger partial charge in [-0.2, -0.15) is 0 Å². The second-order valence-electron chi connectivity index (χ2n) is 4.68. The van der Waals surface area contributed by atoms with Gasteiger partial charge >= 0.3 is 0 Å². The van der Waals surface area contributed by atoms with Crippen LogP contribution in [0.2, 0.25) is 0 Å². The molecule has 0 radical (unpaired) electrons. The minimum atomic E-state index is -0.551. The Morgan fingerprint density at radius 3 is 2.72 bits per heavy atom. The highest BCUT2D eigenvalue weighted by Crippen LogP contribution is 2.17. The maximum Gasteiger partial charge on any atom is 0.248 e. The fraction of sp³-hybridized carbons (Fsp3) is 0.462. The van der Waals surface area contributed by atoms with Crippen LogP contribution in [-0.4, -0.2) is 35.1 Å². The molecule has 0 atom stereocenters. The average molecular weight is 252 g/mol. The summed E-state index contributed by atoms with van der Waals surface area (Å²) in [5.74, 6) is -0.878. The van der Waals surface area contributed by atoms with Gasteiger partial charge in [-0.1, -0.05) is 0 Å². The Balaban J connectivity index is 2.08. The molecule has 0 aromatic heterocycles. The topological polar surface area (TPSA) is 66.6 Å². The highest BCUT2D eigenvalue weighted by atomic mass is 19.1. The van der Waals surface area contributed by atoms with Gasteiger partial charge in [-0.05, 0) is 31.0 Å². The van der Waals surface area contributed by atoms with Gasteiger partial charge < -0.3 is 10.8 Å². The molecule has 0 unspecified atom stereocenters. The first-order valence-electron chi connectivity index (χ1n) is 6.05. The van der Waals surface area contributed by atoms with Crippen LogP contribution in [0.3, 0.4) is 0 Å². The van der Waals surface area contributed by atoms with Gasteiger partial charge in [0, 0.05) is 30.8 Å². The van der Waals surface area contributed by atoms with Gasteiger partial charge in [0.1, 0.15) is 5.82 Å². The summed E-state index contributed by atoms with van der Waals surface area (Å²) < 4.78 is 13.6. The number of likely N-dealkylation sites (tertiary alicyclic amines) is 1. The molecule has 1 amide bonds. The molecule has 18 heavy (non-hydrogen) atoms. The minimum Gasteiger partial charge on any atom is -0.393 e. The van der Waals surface area contributed by atoms with E-state index < -0.39 is 5.91 Å². The molecule has 1 aromatic rings. The number of benzene rings is 1. The number of carbonyl (C=O) groups excluding carboxylic acids is 1. The van der Waals surface area contributed by atoms with Gasteiger partial charge in [0.2, 0.25) is 5.91 Å². The lowest BCUT2D eigenvalue weighted by Gasteiger charge is -2.29. The van der Waals surface area contributed by atoms with Gasteiger partial charge in [0.05, 0.1) is 6.10 Å². The summed E-state index contributed by atoms with van der Waals surface area (Å²) in [5, 5.41) is 9.40. The number of hydrogen-bond donors (Lipinski definition) is 2. The van der Waals surface area contributed by atoms with Crippen LogP contribution >= 0.6 is 0 Å². The van der Waals surface area contributed by atoms with Crippen LogP contribution in [0.4, 0.5) is 4.39 Å². The monoisotopic (exact) mass is 252 g/mol. The van der Waals surface area contributed by atoms with E-state index in [0.29, 0.717) is 30.5 Å². The van der Waals surface area contributed by atoms with Crippen molar-refractivity contribution in [1.29, 1.82) is 0 Å². The molecule has 98 valence electrons. The highest BCUT2D eigenvalue weighted by Gasteiger charge is 2.18. The molecule has 0 saturated carbocycles. The second kappa shape index (κ2) is 5.46. The molecule has 3 N–H and O–H groups in total. The lowest BCUT2D eigenvalue weighted by molar-refractivity contribution is 0.0787. The molecule has 0 spiro atoms. The summed E-state index contributed by atoms with van der Waals surface area (Å²) in [7, 11) is 0. The number of aliphatic hydroxyl groups excluding tert-OH is 1. The Labute approximate surface area is 105 Å². The zero-order valence-electron chi connectivity index (χ0n) is 10.1. The summed E-state index contributed by atoms with van der Waals surface area (Å²) in [6.07, 6.45) is 1.16. The molecule has 0 bridgehead atoms. The molecule has 1 aliphatic rings. The van der Waals surface area contributed by atoms with Gasteiger partial charge in [-0.25, -0.2) is 4.39 Å². The number of hydrogen-bond acceptors (Lipinski definition) is 3. The molecule has 1 heterocycles. The molecule has 2 rings (SSSR count). The predicted octanol–water partition coefficient (Wildman–Crippen LogP) is 0.881. The van der Waals surface area contributed by atoms with Crippen molar-refractivity contribution in [3.05, 3.63) is 35.1 Å². The van der Waals surface area contributed by atoms with Crippen molar-refractivity contribution in [2.24, 2.45) is 5.73 Å². The molecule has 0 aliphatic carbocycles. The van der Waals surface area contributed by atoms with Crippen molar-refractivity contribution < 1.29 is 14.3 Å². The van der Waals surface area contributed by atoms with Crippen molar-refractivity contribution in [1.82, 2.24) is 4.90 Å². The quantitative estimate of drug-likeness (QED) is 0.839. The molecule has 1 aliphatic heterocycles. The number of aliphatic hydroxyl groups is 1. The smallest absolute Gasteiger partial charge is 0.248 e. The lowest BCUT2D eigenvalue weighted by Crippen LogP contribution is -2.35. The normalized spacial score (nSPS) is 17.9. The first-order valence-corrected chi connectivity index (χ1v) is 6.05.